The van der Waals surface area contributed by atoms with Gasteiger partial charge in [0, 0.05) is 44.0 Å². The van der Waals surface area contributed by atoms with E-state index in [-0.39, 0.29) is 17.9 Å². The average Bonchev–Trinajstić information content (AvgIpc) is 3.28. The molecule has 0 aliphatic rings. The number of fused-ring (bicyclic) bond motifs is 1. The standard InChI is InChI=1S/C30H37FN8O2/c1-9-28(40)34-23-16-24(27(41-8)17-25(23)38(7)13-12-37(5)6)36-30-32-11-10-22(35-30)20-14-21(31)29-26(15-20)39(18(2)3)19(4)33-29/h9-11,14-18H,1,12-13H2,2-8H3,(H,34,40)(H,32,35,36). The summed E-state index contributed by atoms with van der Waals surface area (Å²) in [5, 5.41) is 6.09. The Morgan fingerprint density at radius 1 is 1.15 bits per heavy atom. The number of nitrogens with one attached hydrogen (secondary N) is 2. The summed E-state index contributed by atoms with van der Waals surface area (Å²) in [4.78, 5) is 29.8. The van der Waals surface area contributed by atoms with Crippen molar-refractivity contribution in [2.75, 3.05) is 56.9 Å². The average molecular weight is 561 g/mol. The number of imidazole rings is 1. The monoisotopic (exact) mass is 560 g/mol. The van der Waals surface area contributed by atoms with Gasteiger partial charge < -0.3 is 29.7 Å². The second kappa shape index (κ2) is 12.3. The minimum Gasteiger partial charge on any atom is -0.494 e. The van der Waals surface area contributed by atoms with Crippen molar-refractivity contribution in [3.63, 3.8) is 0 Å². The quantitative estimate of drug-likeness (QED) is 0.235. The number of rotatable bonds is 11. The van der Waals surface area contributed by atoms with Crippen LogP contribution < -0.4 is 20.3 Å². The Kier molecular flexibility index (Phi) is 8.87. The first-order valence-corrected chi connectivity index (χ1v) is 13.3. The zero-order valence-corrected chi connectivity index (χ0v) is 24.6. The summed E-state index contributed by atoms with van der Waals surface area (Å²) in [7, 11) is 7.52. The van der Waals surface area contributed by atoms with Gasteiger partial charge in [0.2, 0.25) is 11.9 Å². The molecule has 10 nitrogen and oxygen atoms in total. The number of hydrogen-bond donors (Lipinski definition) is 2. The first kappa shape index (κ1) is 29.5. The van der Waals surface area contributed by atoms with Crippen LogP contribution in [0.2, 0.25) is 0 Å². The van der Waals surface area contributed by atoms with Crippen LogP contribution >= 0.6 is 0 Å². The number of amides is 1. The zero-order valence-electron chi connectivity index (χ0n) is 24.6. The van der Waals surface area contributed by atoms with Gasteiger partial charge in [-0.1, -0.05) is 6.58 Å². The molecule has 0 bridgehead atoms. The van der Waals surface area contributed by atoms with Crippen LogP contribution in [0.1, 0.15) is 25.7 Å². The van der Waals surface area contributed by atoms with Crippen LogP contribution in [0.15, 0.2) is 49.2 Å². The van der Waals surface area contributed by atoms with E-state index in [0.29, 0.717) is 39.4 Å². The Labute approximate surface area is 239 Å². The molecule has 4 aromatic rings. The molecule has 0 aliphatic carbocycles. The van der Waals surface area contributed by atoms with Crippen molar-refractivity contribution < 1.29 is 13.9 Å². The minimum atomic E-state index is -0.411. The highest BCUT2D eigenvalue weighted by Gasteiger charge is 2.18. The number of benzene rings is 2. The van der Waals surface area contributed by atoms with Crippen molar-refractivity contribution in [1.29, 1.82) is 0 Å². The molecule has 0 unspecified atom stereocenters. The van der Waals surface area contributed by atoms with E-state index in [9.17, 15) is 4.79 Å². The van der Waals surface area contributed by atoms with Crippen molar-refractivity contribution in [1.82, 2.24) is 24.4 Å². The van der Waals surface area contributed by atoms with E-state index in [4.69, 9.17) is 4.74 Å². The van der Waals surface area contributed by atoms with E-state index in [1.807, 2.05) is 63.5 Å². The van der Waals surface area contributed by atoms with E-state index in [0.717, 1.165) is 24.6 Å². The molecule has 0 fully saturated rings. The Hall–Kier alpha value is -4.51. The highest BCUT2D eigenvalue weighted by Crippen LogP contribution is 2.38. The fourth-order valence-corrected chi connectivity index (χ4v) is 4.67. The van der Waals surface area contributed by atoms with Gasteiger partial charge in [-0.15, -0.1) is 0 Å². The largest absolute Gasteiger partial charge is 0.494 e. The number of ether oxygens (including phenoxy) is 1. The van der Waals surface area contributed by atoms with Gasteiger partial charge in [0.1, 0.15) is 17.1 Å². The van der Waals surface area contributed by atoms with Gasteiger partial charge in [0.05, 0.1) is 35.4 Å². The third-order valence-corrected chi connectivity index (χ3v) is 6.69. The summed E-state index contributed by atoms with van der Waals surface area (Å²) in [5.74, 6) is 0.815. The molecule has 2 aromatic carbocycles. The van der Waals surface area contributed by atoms with E-state index in [1.165, 1.54) is 12.1 Å². The topological polar surface area (TPSA) is 100 Å². The van der Waals surface area contributed by atoms with E-state index >= 15 is 4.39 Å². The Morgan fingerprint density at radius 3 is 2.56 bits per heavy atom. The zero-order chi connectivity index (χ0) is 29.8. The van der Waals surface area contributed by atoms with Gasteiger partial charge in [0.15, 0.2) is 5.82 Å². The number of halogens is 1. The number of aromatic nitrogens is 4. The number of anilines is 4. The maximum Gasteiger partial charge on any atom is 0.247 e. The van der Waals surface area contributed by atoms with Crippen molar-refractivity contribution in [2.24, 2.45) is 0 Å². The van der Waals surface area contributed by atoms with Crippen molar-refractivity contribution >= 4 is 40.0 Å². The van der Waals surface area contributed by atoms with Gasteiger partial charge >= 0.3 is 0 Å². The summed E-state index contributed by atoms with van der Waals surface area (Å²) in [6.45, 7) is 11.1. The van der Waals surface area contributed by atoms with Crippen LogP contribution in [0, 0.1) is 12.7 Å². The fraction of sp³-hybridized carbons (Fsp3) is 0.333. The molecule has 0 aliphatic heterocycles. The lowest BCUT2D eigenvalue weighted by Crippen LogP contribution is -2.29. The lowest BCUT2D eigenvalue weighted by molar-refractivity contribution is -0.111. The van der Waals surface area contributed by atoms with Gasteiger partial charge in [0.25, 0.3) is 0 Å². The molecule has 4 rings (SSSR count). The maximum atomic E-state index is 15.1. The lowest BCUT2D eigenvalue weighted by atomic mass is 10.1. The molecular weight excluding hydrogens is 523 g/mol. The smallest absolute Gasteiger partial charge is 0.247 e. The van der Waals surface area contributed by atoms with Crippen molar-refractivity contribution in [2.45, 2.75) is 26.8 Å². The number of carbonyl (C=O) groups excluding carboxylic acids is 1. The van der Waals surface area contributed by atoms with Gasteiger partial charge in [-0.2, -0.15) is 0 Å². The number of aryl methyl sites for hydroxylation is 1. The van der Waals surface area contributed by atoms with Crippen LogP contribution in [0.25, 0.3) is 22.3 Å². The molecule has 0 spiro atoms. The number of carbonyl (C=O) groups is 1. The summed E-state index contributed by atoms with van der Waals surface area (Å²) in [6, 6.07) is 8.79. The summed E-state index contributed by atoms with van der Waals surface area (Å²) < 4.78 is 22.8. The molecule has 1 amide bonds. The van der Waals surface area contributed by atoms with Crippen molar-refractivity contribution in [3.8, 4) is 17.0 Å². The molecule has 41 heavy (non-hydrogen) atoms. The number of methoxy groups -OCH3 is 1. The van der Waals surface area contributed by atoms with Crippen LogP contribution in [0.5, 0.6) is 5.75 Å². The summed E-state index contributed by atoms with van der Waals surface area (Å²) in [6.07, 6.45) is 2.82. The van der Waals surface area contributed by atoms with Crippen LogP contribution in [0.4, 0.5) is 27.4 Å². The highest BCUT2D eigenvalue weighted by molar-refractivity contribution is 6.02. The third-order valence-electron chi connectivity index (χ3n) is 6.69. The Bertz CT molecular complexity index is 1580. The maximum absolute atomic E-state index is 15.1. The molecule has 0 atom stereocenters. The normalized spacial score (nSPS) is 11.3. The first-order valence-electron chi connectivity index (χ1n) is 13.3. The van der Waals surface area contributed by atoms with Crippen molar-refractivity contribution in [3.05, 3.63) is 60.8 Å². The van der Waals surface area contributed by atoms with E-state index in [2.05, 4.69) is 37.1 Å². The Balaban J connectivity index is 1.73. The second-order valence-electron chi connectivity index (χ2n) is 10.3. The summed E-state index contributed by atoms with van der Waals surface area (Å²) in [5.41, 5.74) is 4.08. The molecule has 0 radical (unpaired) electrons. The molecule has 0 saturated heterocycles. The van der Waals surface area contributed by atoms with Crippen LogP contribution in [-0.2, 0) is 4.79 Å². The SMILES string of the molecule is C=CC(=O)Nc1cc(Nc2nccc(-c3cc(F)c4nc(C)n(C(C)C)c4c3)n2)c(OC)cc1N(C)CCN(C)C. The minimum absolute atomic E-state index is 0.116. The third kappa shape index (κ3) is 6.46. The highest BCUT2D eigenvalue weighted by atomic mass is 19.1. The number of hydrogen-bond acceptors (Lipinski definition) is 8. The lowest BCUT2D eigenvalue weighted by Gasteiger charge is -2.26. The van der Waals surface area contributed by atoms with Gasteiger partial charge in [-0.25, -0.2) is 19.3 Å². The molecule has 2 heterocycles. The van der Waals surface area contributed by atoms with Crippen LogP contribution in [-0.4, -0.2) is 71.7 Å². The fourth-order valence-electron chi connectivity index (χ4n) is 4.67. The molecule has 11 heteroatoms. The van der Waals surface area contributed by atoms with Gasteiger partial charge in [-0.05, 0) is 65.2 Å². The molecular formula is C30H37FN8O2. The molecule has 2 N–H and O–H groups in total. The predicted molar refractivity (Wildman–Crippen MR) is 163 cm³/mol. The molecule has 2 aromatic heterocycles. The second-order valence-corrected chi connectivity index (χ2v) is 10.3. The summed E-state index contributed by atoms with van der Waals surface area (Å²) >= 11 is 0. The number of likely N-dealkylation sites (N-methyl/N-ethyl adjacent to an activating group) is 2. The van der Waals surface area contributed by atoms with E-state index in [1.54, 1.807) is 25.4 Å². The van der Waals surface area contributed by atoms with Gasteiger partial charge in [-0.3, -0.25) is 4.79 Å². The Morgan fingerprint density at radius 2 is 1.90 bits per heavy atom. The molecule has 0 saturated carbocycles. The van der Waals surface area contributed by atoms with E-state index < -0.39 is 5.82 Å². The predicted octanol–water partition coefficient (Wildman–Crippen LogP) is 5.40. The number of nitrogens with zero attached hydrogens (tertiary/aromatic N) is 6. The first-order chi connectivity index (χ1) is 19.5. The molecule has 216 valence electrons. The van der Waals surface area contributed by atoms with Crippen LogP contribution in [0.3, 0.4) is 0 Å².